The van der Waals surface area contributed by atoms with Crippen molar-refractivity contribution < 1.29 is 0 Å². The first kappa shape index (κ1) is 31.6. The fourth-order valence-electron chi connectivity index (χ4n) is 7.53. The van der Waals surface area contributed by atoms with Crippen LogP contribution in [0.1, 0.15) is 94.2 Å². The molecule has 4 aromatic rings. The average Bonchev–Trinajstić information content (AvgIpc) is 3.37. The van der Waals surface area contributed by atoms with Gasteiger partial charge in [0.15, 0.2) is 0 Å². The van der Waals surface area contributed by atoms with Crippen molar-refractivity contribution in [1.82, 2.24) is 17.9 Å². The predicted molar refractivity (Wildman–Crippen MR) is 183 cm³/mol. The zero-order valence-corrected chi connectivity index (χ0v) is 30.7. The van der Waals surface area contributed by atoms with Crippen LogP contribution in [0.3, 0.4) is 0 Å². The fourth-order valence-corrected chi connectivity index (χ4v) is 19.1. The Bertz CT molecular complexity index is 1530. The van der Waals surface area contributed by atoms with E-state index in [0.717, 1.165) is 44.2 Å². The molecule has 4 nitrogen and oxygen atoms in total. The van der Waals surface area contributed by atoms with Crippen molar-refractivity contribution >= 4 is 64.2 Å². The normalized spacial score (nSPS) is 12.8. The van der Waals surface area contributed by atoms with Gasteiger partial charge in [-0.05, 0) is 0 Å². The molecule has 0 fully saturated rings. The second-order valence-corrected chi connectivity index (χ2v) is 25.7. The SMILES string of the molecule is CC(C)[Si](C#Cc1c2n[se]nc2c(C#C[Si](C(C)C)(C(C)C)C(C)C)c2nc3ccccc3nc12)(C(C)C)C(C)C. The molecule has 0 aliphatic rings. The van der Waals surface area contributed by atoms with Crippen LogP contribution in [0.5, 0.6) is 0 Å². The van der Waals surface area contributed by atoms with Gasteiger partial charge in [-0.1, -0.05) is 0 Å². The maximum absolute atomic E-state index is 5.20. The Kier molecular flexibility index (Phi) is 9.37. The third kappa shape index (κ3) is 5.36. The Hall–Kier alpha value is -2.29. The van der Waals surface area contributed by atoms with Crippen molar-refractivity contribution in [2.24, 2.45) is 0 Å². The summed E-state index contributed by atoms with van der Waals surface area (Å²) in [5.41, 5.74) is 18.0. The molecule has 216 valence electrons. The van der Waals surface area contributed by atoms with E-state index in [1.165, 1.54) is 0 Å². The van der Waals surface area contributed by atoms with Crippen molar-refractivity contribution in [1.29, 1.82) is 0 Å². The zero-order chi connectivity index (χ0) is 30.3. The number of rotatable bonds is 6. The van der Waals surface area contributed by atoms with Gasteiger partial charge in [0.2, 0.25) is 0 Å². The monoisotopic (exact) mass is 646 g/mol. The summed E-state index contributed by atoms with van der Waals surface area (Å²) in [5.74, 6) is 7.44. The van der Waals surface area contributed by atoms with Gasteiger partial charge in [0.1, 0.15) is 0 Å². The Labute approximate surface area is 255 Å². The van der Waals surface area contributed by atoms with Crippen molar-refractivity contribution in [2.45, 2.75) is 116 Å². The summed E-state index contributed by atoms with van der Waals surface area (Å²) in [6, 6.07) is 8.11. The summed E-state index contributed by atoms with van der Waals surface area (Å²) >= 11 is -0.225. The number of aromatic nitrogens is 4. The topological polar surface area (TPSA) is 51.6 Å². The predicted octanol–water partition coefficient (Wildman–Crippen LogP) is 8.92. The number of nitrogens with zero attached hydrogens (tertiary/aromatic N) is 4. The van der Waals surface area contributed by atoms with Gasteiger partial charge in [-0.25, -0.2) is 0 Å². The first-order chi connectivity index (χ1) is 19.3. The number of fused-ring (bicyclic) bond motifs is 3. The van der Waals surface area contributed by atoms with E-state index in [1.54, 1.807) is 0 Å². The van der Waals surface area contributed by atoms with Crippen LogP contribution in [0.2, 0.25) is 33.2 Å². The van der Waals surface area contributed by atoms with Gasteiger partial charge >= 0.3 is 257 Å². The van der Waals surface area contributed by atoms with Gasteiger partial charge in [-0.15, -0.1) is 0 Å². The van der Waals surface area contributed by atoms with E-state index in [2.05, 4.69) is 106 Å². The van der Waals surface area contributed by atoms with Crippen LogP contribution < -0.4 is 0 Å². The zero-order valence-electron chi connectivity index (χ0n) is 27.0. The molecule has 0 radical (unpaired) electrons. The molecule has 0 aliphatic heterocycles. The van der Waals surface area contributed by atoms with E-state index < -0.39 is 16.1 Å². The quantitative estimate of drug-likeness (QED) is 0.119. The summed E-state index contributed by atoms with van der Waals surface area (Å²) in [6.45, 7) is 28.2. The third-order valence-corrected chi connectivity index (χ3v) is 23.2. The molecule has 4 rings (SSSR count). The first-order valence-corrected chi connectivity index (χ1v) is 21.2. The molecule has 41 heavy (non-hydrogen) atoms. The Morgan fingerprint density at radius 3 is 1.12 bits per heavy atom. The van der Waals surface area contributed by atoms with Crippen molar-refractivity contribution in [3.63, 3.8) is 0 Å². The molecule has 0 saturated carbocycles. The number of hydrogen-bond acceptors (Lipinski definition) is 4. The van der Waals surface area contributed by atoms with Crippen LogP contribution in [0.15, 0.2) is 24.3 Å². The van der Waals surface area contributed by atoms with Gasteiger partial charge in [0.05, 0.1) is 0 Å². The number of para-hydroxylation sites is 2. The molecule has 0 bridgehead atoms. The summed E-state index contributed by atoms with van der Waals surface area (Å²) in [5, 5.41) is 0. The van der Waals surface area contributed by atoms with E-state index >= 15 is 0 Å². The van der Waals surface area contributed by atoms with Gasteiger partial charge in [-0.2, -0.15) is 0 Å². The first-order valence-electron chi connectivity index (χ1n) is 15.2. The van der Waals surface area contributed by atoms with Crippen LogP contribution in [-0.4, -0.2) is 49.0 Å². The van der Waals surface area contributed by atoms with Gasteiger partial charge in [-0.3, -0.25) is 0 Å². The minimum absolute atomic E-state index is 0.225. The van der Waals surface area contributed by atoms with Gasteiger partial charge in [0.25, 0.3) is 0 Å². The van der Waals surface area contributed by atoms with Crippen LogP contribution in [-0.2, 0) is 0 Å². The van der Waals surface area contributed by atoms with Gasteiger partial charge < -0.3 is 0 Å². The molecular weight excluding hydrogens is 600 g/mol. The van der Waals surface area contributed by atoms with Crippen LogP contribution >= 0.6 is 0 Å². The van der Waals surface area contributed by atoms with Crippen LogP contribution in [0, 0.1) is 22.9 Å². The van der Waals surface area contributed by atoms with E-state index in [9.17, 15) is 0 Å². The summed E-state index contributed by atoms with van der Waals surface area (Å²) < 4.78 is 9.92. The minimum atomic E-state index is -1.97. The molecule has 0 aliphatic carbocycles. The van der Waals surface area contributed by atoms with Crippen molar-refractivity contribution in [3.8, 4) is 22.9 Å². The Morgan fingerprint density at radius 2 is 0.829 bits per heavy atom. The molecule has 2 aromatic carbocycles. The Balaban J connectivity index is 2.15. The summed E-state index contributed by atoms with van der Waals surface area (Å²) in [7, 11) is -3.95. The van der Waals surface area contributed by atoms with E-state index in [4.69, 9.17) is 17.9 Å². The second kappa shape index (κ2) is 12.1. The van der Waals surface area contributed by atoms with Gasteiger partial charge in [0, 0.05) is 0 Å². The molecule has 0 saturated heterocycles. The molecule has 0 N–H and O–H groups in total. The molecule has 7 heteroatoms. The molecule has 0 amide bonds. The number of hydrogen-bond donors (Lipinski definition) is 0. The number of benzene rings is 2. The van der Waals surface area contributed by atoms with Crippen molar-refractivity contribution in [3.05, 3.63) is 35.4 Å². The third-order valence-electron chi connectivity index (χ3n) is 9.55. The molecular formula is C34H46N4SeSi2. The molecule has 0 atom stereocenters. The van der Waals surface area contributed by atoms with Crippen molar-refractivity contribution in [2.75, 3.05) is 0 Å². The molecule has 2 heterocycles. The molecule has 2 aromatic heterocycles. The van der Waals surface area contributed by atoms with E-state index in [-0.39, 0.29) is 15.0 Å². The van der Waals surface area contributed by atoms with E-state index in [1.807, 2.05) is 24.3 Å². The van der Waals surface area contributed by atoms with Crippen LogP contribution in [0.4, 0.5) is 0 Å². The molecule has 0 unspecified atom stereocenters. The fraction of sp³-hybridized carbons (Fsp3) is 0.529. The second-order valence-electron chi connectivity index (χ2n) is 13.4. The summed E-state index contributed by atoms with van der Waals surface area (Å²) in [4.78, 5) is 10.4. The maximum atomic E-state index is 5.20. The van der Waals surface area contributed by atoms with E-state index in [0.29, 0.717) is 33.2 Å². The average molecular weight is 646 g/mol. The Morgan fingerprint density at radius 1 is 0.512 bits per heavy atom. The van der Waals surface area contributed by atoms with Crippen LogP contribution in [0.25, 0.3) is 33.1 Å². The standard InChI is InChI=1S/C34H46N4SeSi2/c1-21(2)40(22(3)4,23(5)6)19-17-27-31-32(36-30-16-14-13-15-29(30)35-31)28(34-33(27)37-39-38-34)18-20-41(24(7)8,25(9)10)26(11)12/h13-16,21-26H,1-12H3. The summed E-state index contributed by atoms with van der Waals surface area (Å²) in [6.07, 6.45) is 0. The molecule has 0 spiro atoms.